The minimum absolute atomic E-state index is 0.0359. The van der Waals surface area contributed by atoms with Crippen molar-refractivity contribution < 1.29 is 19.8 Å². The van der Waals surface area contributed by atoms with Crippen LogP contribution in [0.15, 0.2) is 23.8 Å². The zero-order chi connectivity index (χ0) is 13.5. The first kappa shape index (κ1) is 15.4. The number of hydrogen-bond donors (Lipinski definition) is 2. The number of carbonyl (C=O) groups is 2. The molecule has 0 fully saturated rings. The van der Waals surface area contributed by atoms with Crippen LogP contribution in [0, 0.1) is 5.41 Å². The van der Waals surface area contributed by atoms with E-state index in [-0.39, 0.29) is 12.0 Å². The molecule has 0 saturated carbocycles. The van der Waals surface area contributed by atoms with E-state index < -0.39 is 17.4 Å². The van der Waals surface area contributed by atoms with Crippen molar-refractivity contribution in [3.63, 3.8) is 0 Å². The Bertz CT molecular complexity index is 339. The van der Waals surface area contributed by atoms with Crippen LogP contribution in [0.3, 0.4) is 0 Å². The van der Waals surface area contributed by atoms with Gasteiger partial charge in [-0.05, 0) is 13.3 Å². The van der Waals surface area contributed by atoms with Gasteiger partial charge in [-0.1, -0.05) is 44.9 Å². The molecule has 1 unspecified atom stereocenters. The lowest BCUT2D eigenvalue weighted by atomic mass is 9.80. The highest BCUT2D eigenvalue weighted by atomic mass is 16.4. The van der Waals surface area contributed by atoms with Crippen molar-refractivity contribution in [2.75, 3.05) is 0 Å². The number of unbranched alkanes of at least 4 members (excludes halogenated alkanes) is 1. The average Bonchev–Trinajstić information content (AvgIpc) is 2.29. The third kappa shape index (κ3) is 4.85. The zero-order valence-electron chi connectivity index (χ0n) is 10.6. The zero-order valence-corrected chi connectivity index (χ0v) is 10.6. The van der Waals surface area contributed by atoms with E-state index in [9.17, 15) is 9.59 Å². The molecule has 0 aliphatic heterocycles. The molecule has 0 aromatic carbocycles. The molecular formula is C13H20O4. The molecule has 1 aliphatic carbocycles. The number of carboxylic acid groups (broad SMARTS) is 2. The molecule has 17 heavy (non-hydrogen) atoms. The molecular weight excluding hydrogens is 220 g/mol. The Kier molecular flexibility index (Phi) is 6.25. The van der Waals surface area contributed by atoms with E-state index in [0.717, 1.165) is 0 Å². The normalized spacial score (nSPS) is 22.2. The highest BCUT2D eigenvalue weighted by Gasteiger charge is 2.34. The monoisotopic (exact) mass is 240 g/mol. The quantitative estimate of drug-likeness (QED) is 0.795. The first-order chi connectivity index (χ1) is 7.87. The molecule has 0 bridgehead atoms. The van der Waals surface area contributed by atoms with Crippen LogP contribution in [0.5, 0.6) is 0 Å². The fraction of sp³-hybridized carbons (Fsp3) is 0.538. The molecule has 0 aromatic heterocycles. The first-order valence-corrected chi connectivity index (χ1v) is 5.72. The second-order valence-electron chi connectivity index (χ2n) is 4.26. The number of rotatable bonds is 3. The van der Waals surface area contributed by atoms with Crippen molar-refractivity contribution in [2.45, 2.75) is 40.0 Å². The Morgan fingerprint density at radius 2 is 1.82 bits per heavy atom. The summed E-state index contributed by atoms with van der Waals surface area (Å²) < 4.78 is 0. The molecule has 1 rings (SSSR count). The van der Waals surface area contributed by atoms with E-state index in [1.165, 1.54) is 38.0 Å². The fourth-order valence-corrected chi connectivity index (χ4v) is 1.18. The van der Waals surface area contributed by atoms with Gasteiger partial charge in [0.15, 0.2) is 0 Å². The average molecular weight is 240 g/mol. The molecule has 4 nitrogen and oxygen atoms in total. The van der Waals surface area contributed by atoms with Crippen LogP contribution in [0.1, 0.15) is 40.0 Å². The van der Waals surface area contributed by atoms with E-state index in [2.05, 4.69) is 13.8 Å². The van der Waals surface area contributed by atoms with E-state index in [4.69, 9.17) is 10.2 Å². The van der Waals surface area contributed by atoms with Gasteiger partial charge in [-0.15, -0.1) is 0 Å². The lowest BCUT2D eigenvalue weighted by Crippen LogP contribution is -2.28. The van der Waals surface area contributed by atoms with Gasteiger partial charge in [0.1, 0.15) is 0 Å². The van der Waals surface area contributed by atoms with E-state index >= 15 is 0 Å². The molecule has 0 heterocycles. The minimum atomic E-state index is -1.08. The van der Waals surface area contributed by atoms with Gasteiger partial charge < -0.3 is 10.2 Å². The molecule has 0 radical (unpaired) electrons. The van der Waals surface area contributed by atoms with Gasteiger partial charge in [0.05, 0.1) is 5.41 Å². The van der Waals surface area contributed by atoms with Crippen LogP contribution < -0.4 is 0 Å². The van der Waals surface area contributed by atoms with Gasteiger partial charge >= 0.3 is 11.9 Å². The maximum atomic E-state index is 10.8. The summed E-state index contributed by atoms with van der Waals surface area (Å²) in [6, 6.07) is 0. The van der Waals surface area contributed by atoms with Crippen LogP contribution in [0.2, 0.25) is 0 Å². The van der Waals surface area contributed by atoms with Crippen molar-refractivity contribution in [1.29, 1.82) is 0 Å². The lowest BCUT2D eigenvalue weighted by molar-refractivity contribution is -0.145. The summed E-state index contributed by atoms with van der Waals surface area (Å²) in [7, 11) is 0. The Labute approximate surface area is 102 Å². The smallest absolute Gasteiger partial charge is 0.331 e. The highest BCUT2D eigenvalue weighted by Crippen LogP contribution is 2.31. The Balaban J connectivity index is 0.000000557. The standard InChI is InChI=1S/C9H10O4.C4H10/c1-9(8(12)13)4-2-3-6(5-9)7(10)11;1-3-4-2/h2-4H,5H2,1H3,(H,10,11)(H,12,13);3-4H2,1-2H3. The summed E-state index contributed by atoms with van der Waals surface area (Å²) in [5.41, 5.74) is -0.949. The third-order valence-corrected chi connectivity index (χ3v) is 2.58. The molecule has 4 heteroatoms. The largest absolute Gasteiger partial charge is 0.481 e. The maximum absolute atomic E-state index is 10.8. The second-order valence-corrected chi connectivity index (χ2v) is 4.26. The highest BCUT2D eigenvalue weighted by molar-refractivity contribution is 5.90. The Morgan fingerprint density at radius 3 is 2.18 bits per heavy atom. The van der Waals surface area contributed by atoms with Crippen LogP contribution in [-0.4, -0.2) is 22.2 Å². The summed E-state index contributed by atoms with van der Waals surface area (Å²) in [5.74, 6) is -2.06. The molecule has 96 valence electrons. The third-order valence-electron chi connectivity index (χ3n) is 2.58. The second kappa shape index (κ2) is 6.89. The summed E-state index contributed by atoms with van der Waals surface area (Å²) in [6.45, 7) is 5.86. The molecule has 0 amide bonds. The van der Waals surface area contributed by atoms with Crippen LogP contribution >= 0.6 is 0 Å². The van der Waals surface area contributed by atoms with Gasteiger partial charge in [-0.2, -0.15) is 0 Å². The van der Waals surface area contributed by atoms with Crippen molar-refractivity contribution in [3.05, 3.63) is 23.8 Å². The van der Waals surface area contributed by atoms with Crippen LogP contribution in [0.4, 0.5) is 0 Å². The van der Waals surface area contributed by atoms with Gasteiger partial charge in [0.2, 0.25) is 0 Å². The topological polar surface area (TPSA) is 74.6 Å². The fourth-order valence-electron chi connectivity index (χ4n) is 1.18. The first-order valence-electron chi connectivity index (χ1n) is 5.72. The number of allylic oxidation sites excluding steroid dienone is 2. The van der Waals surface area contributed by atoms with E-state index in [0.29, 0.717) is 0 Å². The Morgan fingerprint density at radius 1 is 1.29 bits per heavy atom. The number of hydrogen-bond acceptors (Lipinski definition) is 2. The van der Waals surface area contributed by atoms with Crippen molar-refractivity contribution in [1.82, 2.24) is 0 Å². The summed E-state index contributed by atoms with van der Waals surface area (Å²) in [6.07, 6.45) is 7.07. The molecule has 2 N–H and O–H groups in total. The van der Waals surface area contributed by atoms with Gasteiger partial charge in [-0.3, -0.25) is 4.79 Å². The van der Waals surface area contributed by atoms with Crippen LogP contribution in [-0.2, 0) is 9.59 Å². The van der Waals surface area contributed by atoms with Gasteiger partial charge in [-0.25, -0.2) is 4.79 Å². The maximum Gasteiger partial charge on any atom is 0.331 e. The Hall–Kier alpha value is -1.58. The molecule has 1 aliphatic rings. The molecule has 0 spiro atoms. The van der Waals surface area contributed by atoms with E-state index in [1.807, 2.05) is 0 Å². The summed E-state index contributed by atoms with van der Waals surface area (Å²) in [4.78, 5) is 21.3. The van der Waals surface area contributed by atoms with Crippen molar-refractivity contribution in [2.24, 2.45) is 5.41 Å². The predicted molar refractivity (Wildman–Crippen MR) is 65.8 cm³/mol. The van der Waals surface area contributed by atoms with Crippen LogP contribution in [0.25, 0.3) is 0 Å². The van der Waals surface area contributed by atoms with Crippen molar-refractivity contribution >= 4 is 11.9 Å². The number of carboxylic acids is 2. The lowest BCUT2D eigenvalue weighted by Gasteiger charge is -2.23. The molecule has 0 saturated heterocycles. The molecule has 0 aromatic rings. The number of aliphatic carboxylic acids is 2. The molecule has 1 atom stereocenters. The predicted octanol–water partition coefficient (Wildman–Crippen LogP) is 2.85. The minimum Gasteiger partial charge on any atom is -0.481 e. The summed E-state index contributed by atoms with van der Waals surface area (Å²) in [5, 5.41) is 17.5. The van der Waals surface area contributed by atoms with Crippen molar-refractivity contribution in [3.8, 4) is 0 Å². The van der Waals surface area contributed by atoms with Gasteiger partial charge in [0, 0.05) is 5.57 Å². The summed E-state index contributed by atoms with van der Waals surface area (Å²) >= 11 is 0. The van der Waals surface area contributed by atoms with Gasteiger partial charge in [0.25, 0.3) is 0 Å². The SMILES string of the molecule is CC1(C(=O)O)C=CC=C(C(=O)O)C1.CCCC. The van der Waals surface area contributed by atoms with E-state index in [1.54, 1.807) is 0 Å².